The Kier molecular flexibility index (Phi) is 5.82. The number of alkyl halides is 1. The van der Waals surface area contributed by atoms with Crippen LogP contribution in [0.4, 0.5) is 0 Å². The number of hydrogen-bond acceptors (Lipinski definition) is 1. The van der Waals surface area contributed by atoms with E-state index in [2.05, 4.69) is 15.9 Å². The highest BCUT2D eigenvalue weighted by Crippen LogP contribution is 2.38. The van der Waals surface area contributed by atoms with Gasteiger partial charge >= 0.3 is 0 Å². The maximum absolute atomic E-state index is 6.27. The first-order chi connectivity index (χ1) is 8.35. The molecule has 0 aliphatic heterocycles. The van der Waals surface area contributed by atoms with Gasteiger partial charge in [-0.2, -0.15) is 0 Å². The van der Waals surface area contributed by atoms with E-state index in [1.807, 2.05) is 0 Å². The van der Waals surface area contributed by atoms with Gasteiger partial charge in [0.25, 0.3) is 0 Å². The molecule has 0 amide bonds. The van der Waals surface area contributed by atoms with E-state index in [4.69, 9.17) is 4.74 Å². The Hall–Kier alpha value is 0.440. The fourth-order valence-electron chi connectivity index (χ4n) is 3.32. The maximum atomic E-state index is 6.27. The van der Waals surface area contributed by atoms with Gasteiger partial charge in [0.1, 0.15) is 0 Å². The fourth-order valence-corrected chi connectivity index (χ4v) is 4.04. The predicted molar refractivity (Wildman–Crippen MR) is 76.8 cm³/mol. The molecular weight excluding hydrogens is 276 g/mol. The quantitative estimate of drug-likeness (QED) is 0.520. The summed E-state index contributed by atoms with van der Waals surface area (Å²) >= 11 is 3.73. The molecule has 0 bridgehead atoms. The van der Waals surface area contributed by atoms with Crippen molar-refractivity contribution in [1.82, 2.24) is 0 Å². The Balaban J connectivity index is 1.77. The smallest absolute Gasteiger partial charge is 0.0575 e. The zero-order valence-corrected chi connectivity index (χ0v) is 12.6. The first-order valence-corrected chi connectivity index (χ1v) is 8.64. The molecule has 0 aromatic carbocycles. The minimum Gasteiger partial charge on any atom is -0.378 e. The van der Waals surface area contributed by atoms with Crippen molar-refractivity contribution in [2.24, 2.45) is 5.41 Å². The zero-order valence-electron chi connectivity index (χ0n) is 11.1. The molecule has 100 valence electrons. The molecule has 2 fully saturated rings. The summed E-state index contributed by atoms with van der Waals surface area (Å²) in [7, 11) is 0. The van der Waals surface area contributed by atoms with Gasteiger partial charge in [0.2, 0.25) is 0 Å². The summed E-state index contributed by atoms with van der Waals surface area (Å²) in [4.78, 5) is 0. The Labute approximate surface area is 115 Å². The third-order valence-electron chi connectivity index (χ3n) is 4.63. The molecule has 2 heteroatoms. The molecule has 2 aliphatic rings. The third-order valence-corrected chi connectivity index (χ3v) is 5.81. The molecule has 2 saturated carbocycles. The molecule has 1 nitrogen and oxygen atoms in total. The van der Waals surface area contributed by atoms with Crippen molar-refractivity contribution < 1.29 is 4.74 Å². The van der Waals surface area contributed by atoms with Gasteiger partial charge in [-0.3, -0.25) is 0 Å². The van der Waals surface area contributed by atoms with Crippen LogP contribution >= 0.6 is 15.9 Å². The number of rotatable bonds is 4. The molecule has 0 aromatic heterocycles. The zero-order chi connectivity index (χ0) is 12.0. The molecule has 0 N–H and O–H groups in total. The average molecular weight is 303 g/mol. The summed E-state index contributed by atoms with van der Waals surface area (Å²) in [6.07, 6.45) is 15.7. The SMILES string of the molecule is BrCC1(COC2CCCCCC2)CCCCC1. The van der Waals surface area contributed by atoms with Gasteiger partial charge in [-0.1, -0.05) is 60.9 Å². The summed E-state index contributed by atoms with van der Waals surface area (Å²) in [6, 6.07) is 0. The molecule has 0 saturated heterocycles. The molecule has 2 aliphatic carbocycles. The van der Waals surface area contributed by atoms with Crippen LogP contribution in [0.3, 0.4) is 0 Å². The third kappa shape index (κ3) is 4.24. The van der Waals surface area contributed by atoms with Crippen LogP contribution in [-0.4, -0.2) is 18.0 Å². The van der Waals surface area contributed by atoms with Crippen molar-refractivity contribution in [3.8, 4) is 0 Å². The van der Waals surface area contributed by atoms with Crippen LogP contribution < -0.4 is 0 Å². The van der Waals surface area contributed by atoms with E-state index in [9.17, 15) is 0 Å². The van der Waals surface area contributed by atoms with Crippen LogP contribution in [0.15, 0.2) is 0 Å². The van der Waals surface area contributed by atoms with E-state index < -0.39 is 0 Å². The van der Waals surface area contributed by atoms with Crippen molar-refractivity contribution in [3.05, 3.63) is 0 Å². The second-order valence-corrected chi connectivity index (χ2v) is 6.68. The van der Waals surface area contributed by atoms with Gasteiger partial charge in [-0.05, 0) is 25.7 Å². The van der Waals surface area contributed by atoms with E-state index in [-0.39, 0.29) is 0 Å². The van der Waals surface area contributed by atoms with Crippen LogP contribution in [0.2, 0.25) is 0 Å². The van der Waals surface area contributed by atoms with Crippen molar-refractivity contribution in [1.29, 1.82) is 0 Å². The van der Waals surface area contributed by atoms with Crippen molar-refractivity contribution in [2.45, 2.75) is 76.7 Å². The number of halogens is 1. The molecule has 0 aromatic rings. The first kappa shape index (κ1) is 13.9. The van der Waals surface area contributed by atoms with Gasteiger partial charge in [0.05, 0.1) is 12.7 Å². The molecular formula is C15H27BrO. The largest absolute Gasteiger partial charge is 0.378 e. The molecule has 0 heterocycles. The predicted octanol–water partition coefficient (Wildman–Crippen LogP) is 5.07. The second-order valence-electron chi connectivity index (χ2n) is 6.12. The highest BCUT2D eigenvalue weighted by atomic mass is 79.9. The van der Waals surface area contributed by atoms with Gasteiger partial charge < -0.3 is 4.74 Å². The Bertz CT molecular complexity index is 203. The minimum absolute atomic E-state index is 0.463. The second kappa shape index (κ2) is 7.13. The average Bonchev–Trinajstić information content (AvgIpc) is 2.66. The Morgan fingerprint density at radius 2 is 1.47 bits per heavy atom. The Morgan fingerprint density at radius 3 is 2.06 bits per heavy atom. The highest BCUT2D eigenvalue weighted by Gasteiger charge is 2.32. The lowest BCUT2D eigenvalue weighted by atomic mass is 9.76. The van der Waals surface area contributed by atoms with Gasteiger partial charge in [-0.25, -0.2) is 0 Å². The molecule has 17 heavy (non-hydrogen) atoms. The summed E-state index contributed by atoms with van der Waals surface area (Å²) in [5, 5.41) is 1.13. The molecule has 0 spiro atoms. The van der Waals surface area contributed by atoms with Gasteiger partial charge in [-0.15, -0.1) is 0 Å². The first-order valence-electron chi connectivity index (χ1n) is 7.52. The van der Waals surface area contributed by atoms with E-state index in [1.54, 1.807) is 0 Å². The monoisotopic (exact) mass is 302 g/mol. The van der Waals surface area contributed by atoms with Crippen LogP contribution in [0.5, 0.6) is 0 Å². The lowest BCUT2D eigenvalue weighted by Gasteiger charge is -2.36. The lowest BCUT2D eigenvalue weighted by Crippen LogP contribution is -2.33. The minimum atomic E-state index is 0.463. The molecule has 0 atom stereocenters. The summed E-state index contributed by atoms with van der Waals surface area (Å²) in [5.74, 6) is 0. The van der Waals surface area contributed by atoms with E-state index in [0.717, 1.165) is 11.9 Å². The normalized spacial score (nSPS) is 26.6. The van der Waals surface area contributed by atoms with Crippen LogP contribution in [0.25, 0.3) is 0 Å². The van der Waals surface area contributed by atoms with E-state index >= 15 is 0 Å². The van der Waals surface area contributed by atoms with Gasteiger partial charge in [0, 0.05) is 10.7 Å². The fraction of sp³-hybridized carbons (Fsp3) is 1.00. The van der Waals surface area contributed by atoms with E-state index in [1.165, 1.54) is 70.6 Å². The standard InChI is InChI=1S/C15H27BrO/c16-12-15(10-6-3-7-11-15)13-17-14-8-4-1-2-5-9-14/h14H,1-13H2. The molecule has 0 unspecified atom stereocenters. The molecule has 0 radical (unpaired) electrons. The Morgan fingerprint density at radius 1 is 0.882 bits per heavy atom. The van der Waals surface area contributed by atoms with Crippen molar-refractivity contribution in [2.75, 3.05) is 11.9 Å². The lowest BCUT2D eigenvalue weighted by molar-refractivity contribution is -0.0207. The summed E-state index contributed by atoms with van der Waals surface area (Å²) in [6.45, 7) is 1.00. The summed E-state index contributed by atoms with van der Waals surface area (Å²) in [5.41, 5.74) is 0.463. The van der Waals surface area contributed by atoms with E-state index in [0.29, 0.717) is 11.5 Å². The summed E-state index contributed by atoms with van der Waals surface area (Å²) < 4.78 is 6.27. The molecule has 2 rings (SSSR count). The van der Waals surface area contributed by atoms with Crippen molar-refractivity contribution in [3.63, 3.8) is 0 Å². The maximum Gasteiger partial charge on any atom is 0.0575 e. The van der Waals surface area contributed by atoms with Crippen LogP contribution in [-0.2, 0) is 4.74 Å². The van der Waals surface area contributed by atoms with Crippen molar-refractivity contribution >= 4 is 15.9 Å². The highest BCUT2D eigenvalue weighted by molar-refractivity contribution is 9.09. The van der Waals surface area contributed by atoms with Gasteiger partial charge in [0.15, 0.2) is 0 Å². The number of ether oxygens (including phenoxy) is 1. The van der Waals surface area contributed by atoms with Crippen LogP contribution in [0, 0.1) is 5.41 Å². The topological polar surface area (TPSA) is 9.23 Å². The van der Waals surface area contributed by atoms with Crippen LogP contribution in [0.1, 0.15) is 70.6 Å². The number of hydrogen-bond donors (Lipinski definition) is 0.